The Morgan fingerprint density at radius 2 is 2.00 bits per heavy atom. The fourth-order valence-corrected chi connectivity index (χ4v) is 1.95. The molecule has 2 rings (SSSR count). The summed E-state index contributed by atoms with van der Waals surface area (Å²) in [5.41, 5.74) is 1.26. The number of nitrogens with zero attached hydrogens (tertiary/aromatic N) is 2. The van der Waals surface area contributed by atoms with Gasteiger partial charge in [-0.25, -0.2) is 18.7 Å². The Kier molecular flexibility index (Phi) is 5.33. The highest BCUT2D eigenvalue weighted by Gasteiger charge is 2.07. The van der Waals surface area contributed by atoms with Crippen LogP contribution in [0, 0.1) is 17.6 Å². The van der Waals surface area contributed by atoms with Gasteiger partial charge in [0, 0.05) is 25.2 Å². The van der Waals surface area contributed by atoms with Gasteiger partial charge in [-0.1, -0.05) is 19.9 Å². The summed E-state index contributed by atoms with van der Waals surface area (Å²) in [6, 6.07) is 5.38. The van der Waals surface area contributed by atoms with Crippen molar-refractivity contribution in [2.75, 3.05) is 6.54 Å². The molecule has 3 nitrogen and oxygen atoms in total. The highest BCUT2D eigenvalue weighted by Crippen LogP contribution is 2.12. The normalized spacial score (nSPS) is 11.1. The lowest BCUT2D eigenvalue weighted by atomic mass is 10.1. The number of rotatable bonds is 6. The fraction of sp³-hybridized carbons (Fsp3) is 0.375. The lowest BCUT2D eigenvalue weighted by Gasteiger charge is -2.08. The summed E-state index contributed by atoms with van der Waals surface area (Å²) in [6.45, 7) is 5.83. The van der Waals surface area contributed by atoms with Gasteiger partial charge >= 0.3 is 0 Å². The molecule has 0 saturated heterocycles. The van der Waals surface area contributed by atoms with E-state index in [-0.39, 0.29) is 6.42 Å². The van der Waals surface area contributed by atoms with Crippen LogP contribution in [0.15, 0.2) is 30.5 Å². The van der Waals surface area contributed by atoms with E-state index in [0.29, 0.717) is 23.9 Å². The van der Waals surface area contributed by atoms with E-state index in [2.05, 4.69) is 29.1 Å². The van der Waals surface area contributed by atoms with E-state index >= 15 is 0 Å². The van der Waals surface area contributed by atoms with Crippen molar-refractivity contribution in [3.63, 3.8) is 0 Å². The summed E-state index contributed by atoms with van der Waals surface area (Å²) in [5, 5.41) is 3.30. The van der Waals surface area contributed by atoms with Gasteiger partial charge in [-0.05, 0) is 30.2 Å². The molecule has 0 saturated carbocycles. The molecule has 0 atom stereocenters. The van der Waals surface area contributed by atoms with Gasteiger partial charge < -0.3 is 5.32 Å². The first kappa shape index (κ1) is 15.5. The second kappa shape index (κ2) is 7.22. The molecule has 0 amide bonds. The molecule has 2 aromatic rings. The molecule has 1 aromatic carbocycles. The van der Waals surface area contributed by atoms with E-state index < -0.39 is 11.6 Å². The van der Waals surface area contributed by atoms with Crippen LogP contribution in [-0.4, -0.2) is 16.5 Å². The van der Waals surface area contributed by atoms with Crippen molar-refractivity contribution < 1.29 is 8.78 Å². The molecular formula is C16H19F2N3. The van der Waals surface area contributed by atoms with Crippen LogP contribution in [0.1, 0.15) is 30.9 Å². The van der Waals surface area contributed by atoms with Gasteiger partial charge in [0.1, 0.15) is 17.5 Å². The first-order valence-electron chi connectivity index (χ1n) is 7.00. The van der Waals surface area contributed by atoms with Crippen LogP contribution >= 0.6 is 0 Å². The Morgan fingerprint density at radius 1 is 1.19 bits per heavy atom. The zero-order chi connectivity index (χ0) is 15.2. The van der Waals surface area contributed by atoms with Crippen molar-refractivity contribution in [1.29, 1.82) is 0 Å². The molecule has 1 aromatic heterocycles. The summed E-state index contributed by atoms with van der Waals surface area (Å²) in [5.74, 6) is -0.0466. The van der Waals surface area contributed by atoms with Crippen LogP contribution < -0.4 is 5.32 Å². The average molecular weight is 291 g/mol. The molecule has 5 heteroatoms. The molecule has 0 aliphatic carbocycles. The largest absolute Gasteiger partial charge is 0.311 e. The Labute approximate surface area is 123 Å². The van der Waals surface area contributed by atoms with E-state index in [1.54, 1.807) is 6.20 Å². The van der Waals surface area contributed by atoms with Gasteiger partial charge in [-0.3, -0.25) is 0 Å². The Bertz CT molecular complexity index is 600. The first-order chi connectivity index (χ1) is 10.0. The minimum atomic E-state index is -0.580. The topological polar surface area (TPSA) is 37.8 Å². The molecule has 1 N–H and O–H groups in total. The molecule has 0 unspecified atom stereocenters. The van der Waals surface area contributed by atoms with Crippen molar-refractivity contribution in [3.05, 3.63) is 59.2 Å². The molecule has 0 radical (unpaired) electrons. The summed E-state index contributed by atoms with van der Waals surface area (Å²) in [7, 11) is 0. The Hall–Kier alpha value is -1.88. The highest BCUT2D eigenvalue weighted by atomic mass is 19.1. The molecule has 21 heavy (non-hydrogen) atoms. The van der Waals surface area contributed by atoms with Gasteiger partial charge in [-0.15, -0.1) is 0 Å². The van der Waals surface area contributed by atoms with Gasteiger partial charge in [0.2, 0.25) is 0 Å². The third-order valence-corrected chi connectivity index (χ3v) is 2.99. The van der Waals surface area contributed by atoms with Crippen LogP contribution in [0.5, 0.6) is 0 Å². The summed E-state index contributed by atoms with van der Waals surface area (Å²) >= 11 is 0. The Balaban J connectivity index is 2.03. The summed E-state index contributed by atoms with van der Waals surface area (Å²) in [6.07, 6.45) is 1.92. The Morgan fingerprint density at radius 3 is 2.71 bits per heavy atom. The van der Waals surface area contributed by atoms with E-state index in [1.165, 1.54) is 12.1 Å². The average Bonchev–Trinajstić information content (AvgIpc) is 2.42. The monoisotopic (exact) mass is 291 g/mol. The van der Waals surface area contributed by atoms with E-state index in [4.69, 9.17) is 0 Å². The molecule has 0 spiro atoms. The molecule has 0 aliphatic rings. The number of aromatic nitrogens is 2. The van der Waals surface area contributed by atoms with Crippen LogP contribution in [0.25, 0.3) is 0 Å². The van der Waals surface area contributed by atoms with E-state index in [1.807, 2.05) is 6.07 Å². The van der Waals surface area contributed by atoms with Gasteiger partial charge in [0.15, 0.2) is 0 Å². The summed E-state index contributed by atoms with van der Waals surface area (Å²) < 4.78 is 26.5. The SMILES string of the molecule is CC(C)CNCc1ccnc(Cc2ccc(F)cc2F)n1. The van der Waals surface area contributed by atoms with E-state index in [0.717, 1.165) is 18.3 Å². The maximum Gasteiger partial charge on any atom is 0.133 e. The number of hydrogen-bond donors (Lipinski definition) is 1. The standard InChI is InChI=1S/C16H19F2N3/c1-11(2)9-19-10-14-5-6-20-16(21-14)7-12-3-4-13(17)8-15(12)18/h3-6,8,11,19H,7,9-10H2,1-2H3. The van der Waals surface area contributed by atoms with Crippen molar-refractivity contribution in [1.82, 2.24) is 15.3 Å². The lowest BCUT2D eigenvalue weighted by molar-refractivity contribution is 0.546. The minimum absolute atomic E-state index is 0.254. The number of nitrogens with one attached hydrogen (secondary N) is 1. The maximum atomic E-state index is 13.6. The number of hydrogen-bond acceptors (Lipinski definition) is 3. The number of benzene rings is 1. The van der Waals surface area contributed by atoms with Crippen LogP contribution in [-0.2, 0) is 13.0 Å². The summed E-state index contributed by atoms with van der Waals surface area (Å²) in [4.78, 5) is 8.54. The molecule has 1 heterocycles. The second-order valence-electron chi connectivity index (χ2n) is 5.40. The van der Waals surface area contributed by atoms with Crippen LogP contribution in [0.4, 0.5) is 8.78 Å². The third-order valence-electron chi connectivity index (χ3n) is 2.99. The van der Waals surface area contributed by atoms with Gasteiger partial charge in [0.05, 0.1) is 5.69 Å². The predicted molar refractivity (Wildman–Crippen MR) is 77.7 cm³/mol. The minimum Gasteiger partial charge on any atom is -0.311 e. The predicted octanol–water partition coefficient (Wildman–Crippen LogP) is 3.09. The van der Waals surface area contributed by atoms with Crippen molar-refractivity contribution in [2.24, 2.45) is 5.92 Å². The van der Waals surface area contributed by atoms with Crippen LogP contribution in [0.2, 0.25) is 0 Å². The van der Waals surface area contributed by atoms with Crippen molar-refractivity contribution in [3.8, 4) is 0 Å². The van der Waals surface area contributed by atoms with Crippen molar-refractivity contribution >= 4 is 0 Å². The molecular weight excluding hydrogens is 272 g/mol. The highest BCUT2D eigenvalue weighted by molar-refractivity contribution is 5.22. The zero-order valence-electron chi connectivity index (χ0n) is 12.2. The number of halogens is 2. The molecule has 0 bridgehead atoms. The van der Waals surface area contributed by atoms with Gasteiger partial charge in [0.25, 0.3) is 0 Å². The quantitative estimate of drug-likeness (QED) is 0.888. The van der Waals surface area contributed by atoms with Crippen molar-refractivity contribution in [2.45, 2.75) is 26.8 Å². The molecule has 0 fully saturated rings. The van der Waals surface area contributed by atoms with E-state index in [9.17, 15) is 8.78 Å². The second-order valence-corrected chi connectivity index (χ2v) is 5.40. The first-order valence-corrected chi connectivity index (χ1v) is 7.00. The lowest BCUT2D eigenvalue weighted by Crippen LogP contribution is -2.20. The zero-order valence-corrected chi connectivity index (χ0v) is 12.2. The smallest absolute Gasteiger partial charge is 0.133 e. The fourth-order valence-electron chi connectivity index (χ4n) is 1.95. The van der Waals surface area contributed by atoms with Crippen LogP contribution in [0.3, 0.4) is 0 Å². The molecule has 112 valence electrons. The maximum absolute atomic E-state index is 13.6. The third kappa shape index (κ3) is 4.86. The molecule has 0 aliphatic heterocycles. The van der Waals surface area contributed by atoms with Gasteiger partial charge in [-0.2, -0.15) is 0 Å².